The van der Waals surface area contributed by atoms with Crippen LogP contribution in [0.1, 0.15) is 11.4 Å². The Bertz CT molecular complexity index is 523. The molecule has 2 rings (SSSR count). The molecule has 0 aliphatic rings. The molecule has 0 atom stereocenters. The van der Waals surface area contributed by atoms with Crippen molar-refractivity contribution in [2.75, 3.05) is 14.2 Å². The molecule has 0 bridgehead atoms. The first kappa shape index (κ1) is 12.5. The maximum Gasteiger partial charge on any atom is 0.159 e. The van der Waals surface area contributed by atoms with Gasteiger partial charge in [-0.05, 0) is 44.3 Å². The van der Waals surface area contributed by atoms with E-state index in [-0.39, 0.29) is 0 Å². The van der Waals surface area contributed by atoms with Gasteiger partial charge in [0.25, 0.3) is 0 Å². The molecule has 0 spiro atoms. The van der Waals surface area contributed by atoms with Crippen molar-refractivity contribution >= 4 is 0 Å². The van der Waals surface area contributed by atoms with Crippen molar-refractivity contribution in [2.24, 2.45) is 0 Å². The molecule has 1 heterocycles. The fourth-order valence-corrected chi connectivity index (χ4v) is 1.77. The van der Waals surface area contributed by atoms with Crippen molar-refractivity contribution in [2.45, 2.75) is 13.5 Å². The fourth-order valence-electron chi connectivity index (χ4n) is 1.77. The molecular formula is C14H17N3O. The summed E-state index contributed by atoms with van der Waals surface area (Å²) < 4.78 is 5.14. The van der Waals surface area contributed by atoms with E-state index in [1.165, 1.54) is 0 Å². The SMILES string of the molecule is CNCc1cc(C)nc(-c2ccc(OC)cc2)n1. The monoisotopic (exact) mass is 243 g/mol. The second-order valence-electron chi connectivity index (χ2n) is 4.08. The number of hydrogen-bond donors (Lipinski definition) is 1. The predicted octanol–water partition coefficient (Wildman–Crippen LogP) is 2.18. The first-order chi connectivity index (χ1) is 8.72. The molecule has 4 nitrogen and oxygen atoms in total. The van der Waals surface area contributed by atoms with Gasteiger partial charge in [-0.1, -0.05) is 0 Å². The number of hydrogen-bond acceptors (Lipinski definition) is 4. The van der Waals surface area contributed by atoms with E-state index in [9.17, 15) is 0 Å². The molecule has 0 aliphatic carbocycles. The third-order valence-electron chi connectivity index (χ3n) is 2.61. The lowest BCUT2D eigenvalue weighted by molar-refractivity contribution is 0.415. The van der Waals surface area contributed by atoms with E-state index in [2.05, 4.69) is 15.3 Å². The summed E-state index contributed by atoms with van der Waals surface area (Å²) in [5.74, 6) is 1.59. The van der Waals surface area contributed by atoms with Gasteiger partial charge in [0, 0.05) is 17.8 Å². The predicted molar refractivity (Wildman–Crippen MR) is 71.5 cm³/mol. The minimum atomic E-state index is 0.743. The number of aromatic nitrogens is 2. The van der Waals surface area contributed by atoms with E-state index >= 15 is 0 Å². The molecule has 18 heavy (non-hydrogen) atoms. The highest BCUT2D eigenvalue weighted by Crippen LogP contribution is 2.19. The van der Waals surface area contributed by atoms with Crippen LogP contribution in [0.3, 0.4) is 0 Å². The van der Waals surface area contributed by atoms with Crippen LogP contribution in [0.25, 0.3) is 11.4 Å². The lowest BCUT2D eigenvalue weighted by Crippen LogP contribution is -2.08. The molecule has 1 aromatic carbocycles. The highest BCUT2D eigenvalue weighted by molar-refractivity contribution is 5.56. The summed E-state index contributed by atoms with van der Waals surface area (Å²) in [6.07, 6.45) is 0. The van der Waals surface area contributed by atoms with Gasteiger partial charge in [0.1, 0.15) is 5.75 Å². The average molecular weight is 243 g/mol. The van der Waals surface area contributed by atoms with Crippen LogP contribution in [0.5, 0.6) is 5.75 Å². The molecule has 0 aliphatic heterocycles. The van der Waals surface area contributed by atoms with Crippen LogP contribution in [0.4, 0.5) is 0 Å². The zero-order valence-electron chi connectivity index (χ0n) is 10.9. The van der Waals surface area contributed by atoms with E-state index in [1.807, 2.05) is 44.3 Å². The lowest BCUT2D eigenvalue weighted by atomic mass is 10.2. The van der Waals surface area contributed by atoms with Crippen molar-refractivity contribution in [1.82, 2.24) is 15.3 Å². The summed E-state index contributed by atoms with van der Waals surface area (Å²) >= 11 is 0. The van der Waals surface area contributed by atoms with Gasteiger partial charge in [0.05, 0.1) is 12.8 Å². The van der Waals surface area contributed by atoms with Crippen LogP contribution in [-0.2, 0) is 6.54 Å². The standard InChI is InChI=1S/C14H17N3O/c1-10-8-12(9-15-2)17-14(16-10)11-4-6-13(18-3)7-5-11/h4-8,15H,9H2,1-3H3. The second-order valence-corrected chi connectivity index (χ2v) is 4.08. The van der Waals surface area contributed by atoms with Crippen LogP contribution in [0.2, 0.25) is 0 Å². The Labute approximate surface area is 107 Å². The molecule has 0 fully saturated rings. The van der Waals surface area contributed by atoms with Crippen LogP contribution in [0.15, 0.2) is 30.3 Å². The Hall–Kier alpha value is -1.94. The number of aryl methyl sites for hydroxylation is 1. The Morgan fingerprint density at radius 2 is 1.89 bits per heavy atom. The van der Waals surface area contributed by atoms with Gasteiger partial charge in [-0.2, -0.15) is 0 Å². The minimum Gasteiger partial charge on any atom is -0.497 e. The van der Waals surface area contributed by atoms with Gasteiger partial charge < -0.3 is 10.1 Å². The van der Waals surface area contributed by atoms with Gasteiger partial charge in [-0.3, -0.25) is 0 Å². The maximum atomic E-state index is 5.14. The van der Waals surface area contributed by atoms with Gasteiger partial charge in [-0.15, -0.1) is 0 Å². The van der Waals surface area contributed by atoms with Crippen molar-refractivity contribution in [3.63, 3.8) is 0 Å². The van der Waals surface area contributed by atoms with Crippen molar-refractivity contribution in [3.05, 3.63) is 41.7 Å². The molecule has 2 aromatic rings. The second kappa shape index (κ2) is 5.60. The zero-order chi connectivity index (χ0) is 13.0. The van der Waals surface area contributed by atoms with Crippen molar-refractivity contribution < 1.29 is 4.74 Å². The van der Waals surface area contributed by atoms with Crippen LogP contribution in [-0.4, -0.2) is 24.1 Å². The summed E-state index contributed by atoms with van der Waals surface area (Å²) in [6.45, 7) is 2.72. The fraction of sp³-hybridized carbons (Fsp3) is 0.286. The van der Waals surface area contributed by atoms with Gasteiger partial charge in [-0.25, -0.2) is 9.97 Å². The number of methoxy groups -OCH3 is 1. The van der Waals surface area contributed by atoms with Gasteiger partial charge in [0.15, 0.2) is 5.82 Å². The number of ether oxygens (including phenoxy) is 1. The molecule has 94 valence electrons. The van der Waals surface area contributed by atoms with Crippen LogP contribution in [0, 0.1) is 6.92 Å². The zero-order valence-corrected chi connectivity index (χ0v) is 10.9. The van der Waals surface area contributed by atoms with E-state index < -0.39 is 0 Å². The summed E-state index contributed by atoms with van der Waals surface area (Å²) in [5, 5.41) is 3.10. The van der Waals surface area contributed by atoms with Gasteiger partial charge in [0.2, 0.25) is 0 Å². The topological polar surface area (TPSA) is 47.0 Å². The van der Waals surface area contributed by atoms with Crippen LogP contribution < -0.4 is 10.1 Å². The smallest absolute Gasteiger partial charge is 0.159 e. The number of rotatable bonds is 4. The summed E-state index contributed by atoms with van der Waals surface area (Å²) in [5.41, 5.74) is 2.97. The number of nitrogens with one attached hydrogen (secondary N) is 1. The molecule has 0 saturated heterocycles. The Morgan fingerprint density at radius 1 is 1.17 bits per heavy atom. The largest absolute Gasteiger partial charge is 0.497 e. The normalized spacial score (nSPS) is 10.4. The Morgan fingerprint density at radius 3 is 2.50 bits per heavy atom. The molecular weight excluding hydrogens is 226 g/mol. The molecule has 0 saturated carbocycles. The molecule has 4 heteroatoms. The summed E-state index contributed by atoms with van der Waals surface area (Å²) in [6, 6.07) is 9.76. The Kier molecular flexibility index (Phi) is 3.89. The first-order valence-electron chi connectivity index (χ1n) is 5.86. The van der Waals surface area contributed by atoms with E-state index in [0.717, 1.165) is 35.1 Å². The molecule has 0 amide bonds. The highest BCUT2D eigenvalue weighted by atomic mass is 16.5. The average Bonchev–Trinajstić information content (AvgIpc) is 2.38. The highest BCUT2D eigenvalue weighted by Gasteiger charge is 2.05. The quantitative estimate of drug-likeness (QED) is 0.894. The van der Waals surface area contributed by atoms with Crippen molar-refractivity contribution in [1.29, 1.82) is 0 Å². The van der Waals surface area contributed by atoms with E-state index in [0.29, 0.717) is 0 Å². The van der Waals surface area contributed by atoms with E-state index in [1.54, 1.807) is 7.11 Å². The maximum absolute atomic E-state index is 5.14. The molecule has 1 N–H and O–H groups in total. The minimum absolute atomic E-state index is 0.743. The van der Waals surface area contributed by atoms with Crippen molar-refractivity contribution in [3.8, 4) is 17.1 Å². The molecule has 0 unspecified atom stereocenters. The summed E-state index contributed by atoms with van der Waals surface area (Å²) in [7, 11) is 3.56. The first-order valence-corrected chi connectivity index (χ1v) is 5.86. The lowest BCUT2D eigenvalue weighted by Gasteiger charge is -2.06. The molecule has 1 aromatic heterocycles. The Balaban J connectivity index is 2.36. The molecule has 0 radical (unpaired) electrons. The van der Waals surface area contributed by atoms with E-state index in [4.69, 9.17) is 4.74 Å². The third kappa shape index (κ3) is 2.84. The van der Waals surface area contributed by atoms with Gasteiger partial charge >= 0.3 is 0 Å². The number of nitrogens with zero attached hydrogens (tertiary/aromatic N) is 2. The third-order valence-corrected chi connectivity index (χ3v) is 2.61. The number of benzene rings is 1. The van der Waals surface area contributed by atoms with Crippen LogP contribution >= 0.6 is 0 Å². The summed E-state index contributed by atoms with van der Waals surface area (Å²) in [4.78, 5) is 9.00.